The smallest absolute Gasteiger partial charge is 0.336 e. The van der Waals surface area contributed by atoms with E-state index in [-0.39, 0.29) is 12.2 Å². The summed E-state index contributed by atoms with van der Waals surface area (Å²) in [6, 6.07) is 12.0. The van der Waals surface area contributed by atoms with Gasteiger partial charge in [0.15, 0.2) is 0 Å². The number of carboxylic acids is 1. The zero-order valence-electron chi connectivity index (χ0n) is 9.77. The molecular weight excluding hydrogens is 332 g/mol. The van der Waals surface area contributed by atoms with Gasteiger partial charge in [0, 0.05) is 15.1 Å². The Kier molecular flexibility index (Phi) is 4.45. The van der Waals surface area contributed by atoms with Gasteiger partial charge in [-0.2, -0.15) is 0 Å². The fourth-order valence-corrected chi connectivity index (χ4v) is 2.05. The van der Waals surface area contributed by atoms with Crippen molar-refractivity contribution < 1.29 is 14.6 Å². The Morgan fingerprint density at radius 2 is 1.89 bits per heavy atom. The maximum atomic E-state index is 11.1. The van der Waals surface area contributed by atoms with E-state index in [0.717, 1.165) is 4.47 Å². The summed E-state index contributed by atoms with van der Waals surface area (Å²) < 4.78 is 6.26. The normalized spacial score (nSPS) is 10.2. The van der Waals surface area contributed by atoms with Gasteiger partial charge >= 0.3 is 5.97 Å². The zero-order valence-corrected chi connectivity index (χ0v) is 12.1. The van der Waals surface area contributed by atoms with Crippen LogP contribution >= 0.6 is 27.5 Å². The van der Waals surface area contributed by atoms with Crippen molar-refractivity contribution in [2.24, 2.45) is 0 Å². The number of benzene rings is 2. The minimum absolute atomic E-state index is 0.191. The fraction of sp³-hybridized carbons (Fsp3) is 0.0714. The molecule has 2 aromatic rings. The topological polar surface area (TPSA) is 46.5 Å². The lowest BCUT2D eigenvalue weighted by Crippen LogP contribution is -2.05. The first-order valence-corrected chi connectivity index (χ1v) is 6.63. The number of rotatable bonds is 4. The van der Waals surface area contributed by atoms with Crippen molar-refractivity contribution >= 4 is 33.5 Å². The number of ether oxygens (including phenoxy) is 1. The molecule has 19 heavy (non-hydrogen) atoms. The van der Waals surface area contributed by atoms with E-state index in [1.165, 1.54) is 0 Å². The summed E-state index contributed by atoms with van der Waals surface area (Å²) in [4.78, 5) is 11.1. The molecule has 0 aromatic heterocycles. The van der Waals surface area contributed by atoms with Gasteiger partial charge in [0.2, 0.25) is 0 Å². The molecule has 98 valence electrons. The second-order valence-corrected chi connectivity index (χ2v) is 5.20. The number of carbonyl (C=O) groups is 1. The third kappa shape index (κ3) is 3.72. The molecule has 0 heterocycles. The van der Waals surface area contributed by atoms with Crippen LogP contribution in [-0.2, 0) is 6.61 Å². The zero-order chi connectivity index (χ0) is 13.8. The standard InChI is InChI=1S/C14H10BrClO3/c15-10-2-1-9(13(7-10)14(17)18)8-19-12-5-3-11(16)4-6-12/h1-7H,8H2,(H,17,18). The van der Waals surface area contributed by atoms with Gasteiger partial charge in [-0.1, -0.05) is 33.6 Å². The van der Waals surface area contributed by atoms with Crippen molar-refractivity contribution in [3.8, 4) is 5.75 Å². The van der Waals surface area contributed by atoms with Crippen LogP contribution < -0.4 is 4.74 Å². The molecule has 2 rings (SSSR count). The molecule has 0 amide bonds. The van der Waals surface area contributed by atoms with Crippen LogP contribution in [0.1, 0.15) is 15.9 Å². The maximum Gasteiger partial charge on any atom is 0.336 e. The van der Waals surface area contributed by atoms with E-state index in [0.29, 0.717) is 16.3 Å². The van der Waals surface area contributed by atoms with Crippen molar-refractivity contribution in [3.05, 3.63) is 63.1 Å². The van der Waals surface area contributed by atoms with E-state index < -0.39 is 5.97 Å². The molecule has 1 N–H and O–H groups in total. The Bertz CT molecular complexity index is 596. The van der Waals surface area contributed by atoms with Crippen molar-refractivity contribution in [2.45, 2.75) is 6.61 Å². The lowest BCUT2D eigenvalue weighted by molar-refractivity contribution is 0.0694. The second-order valence-electron chi connectivity index (χ2n) is 3.85. The number of carboxylic acid groups (broad SMARTS) is 1. The quantitative estimate of drug-likeness (QED) is 0.897. The van der Waals surface area contributed by atoms with Crippen LogP contribution in [0.25, 0.3) is 0 Å². The molecule has 0 aliphatic heterocycles. The summed E-state index contributed by atoms with van der Waals surface area (Å²) in [6.07, 6.45) is 0. The van der Waals surface area contributed by atoms with Gasteiger partial charge < -0.3 is 9.84 Å². The van der Waals surface area contributed by atoms with E-state index in [2.05, 4.69) is 15.9 Å². The molecule has 0 saturated carbocycles. The first-order valence-electron chi connectivity index (χ1n) is 5.46. The lowest BCUT2D eigenvalue weighted by atomic mass is 10.1. The highest BCUT2D eigenvalue weighted by atomic mass is 79.9. The molecular formula is C14H10BrClO3. The fourth-order valence-electron chi connectivity index (χ4n) is 1.57. The first-order chi connectivity index (χ1) is 9.06. The first kappa shape index (κ1) is 13.9. The van der Waals surface area contributed by atoms with Crippen LogP contribution in [0.4, 0.5) is 0 Å². The molecule has 0 unspecified atom stereocenters. The molecule has 0 spiro atoms. The van der Waals surface area contributed by atoms with E-state index in [4.69, 9.17) is 21.4 Å². The van der Waals surface area contributed by atoms with Crippen LogP contribution in [0, 0.1) is 0 Å². The number of hydrogen-bond donors (Lipinski definition) is 1. The van der Waals surface area contributed by atoms with E-state index in [1.54, 1.807) is 42.5 Å². The largest absolute Gasteiger partial charge is 0.489 e. The molecule has 0 atom stereocenters. The van der Waals surface area contributed by atoms with Gasteiger partial charge in [0.05, 0.1) is 5.56 Å². The van der Waals surface area contributed by atoms with Gasteiger partial charge in [0.25, 0.3) is 0 Å². The third-order valence-electron chi connectivity index (χ3n) is 2.51. The van der Waals surface area contributed by atoms with Crippen LogP contribution in [0.2, 0.25) is 5.02 Å². The molecule has 5 heteroatoms. The SMILES string of the molecule is O=C(O)c1cc(Br)ccc1COc1ccc(Cl)cc1. The summed E-state index contributed by atoms with van der Waals surface area (Å²) >= 11 is 9.02. The average molecular weight is 342 g/mol. The molecule has 3 nitrogen and oxygen atoms in total. The van der Waals surface area contributed by atoms with Gasteiger partial charge in [-0.15, -0.1) is 0 Å². The van der Waals surface area contributed by atoms with Crippen molar-refractivity contribution in [3.63, 3.8) is 0 Å². The lowest BCUT2D eigenvalue weighted by Gasteiger charge is -2.09. The monoisotopic (exact) mass is 340 g/mol. The van der Waals surface area contributed by atoms with E-state index >= 15 is 0 Å². The molecule has 0 saturated heterocycles. The molecule has 0 bridgehead atoms. The van der Waals surface area contributed by atoms with E-state index in [9.17, 15) is 4.79 Å². The molecule has 2 aromatic carbocycles. The van der Waals surface area contributed by atoms with E-state index in [1.807, 2.05) is 0 Å². The molecule has 0 aliphatic rings. The highest BCUT2D eigenvalue weighted by Crippen LogP contribution is 2.20. The second kappa shape index (κ2) is 6.08. The Morgan fingerprint density at radius 1 is 1.21 bits per heavy atom. The summed E-state index contributed by atoms with van der Waals surface area (Å²) in [7, 11) is 0. The Morgan fingerprint density at radius 3 is 2.53 bits per heavy atom. The summed E-state index contributed by atoms with van der Waals surface area (Å²) in [5.74, 6) is -0.334. The van der Waals surface area contributed by atoms with Gasteiger partial charge in [-0.3, -0.25) is 0 Å². The molecule has 0 fully saturated rings. The third-order valence-corrected chi connectivity index (χ3v) is 3.26. The number of halogens is 2. The molecule has 0 radical (unpaired) electrons. The predicted octanol–water partition coefficient (Wildman–Crippen LogP) is 4.38. The minimum Gasteiger partial charge on any atom is -0.489 e. The highest BCUT2D eigenvalue weighted by Gasteiger charge is 2.11. The number of hydrogen-bond acceptors (Lipinski definition) is 2. The minimum atomic E-state index is -0.976. The van der Waals surface area contributed by atoms with Gasteiger partial charge in [-0.25, -0.2) is 4.79 Å². The van der Waals surface area contributed by atoms with Crippen LogP contribution in [0.5, 0.6) is 5.75 Å². The van der Waals surface area contributed by atoms with Gasteiger partial charge in [-0.05, 0) is 36.4 Å². The van der Waals surface area contributed by atoms with Crippen LogP contribution in [-0.4, -0.2) is 11.1 Å². The van der Waals surface area contributed by atoms with Crippen molar-refractivity contribution in [2.75, 3.05) is 0 Å². The highest BCUT2D eigenvalue weighted by molar-refractivity contribution is 9.10. The van der Waals surface area contributed by atoms with Crippen LogP contribution in [0.3, 0.4) is 0 Å². The molecule has 0 aliphatic carbocycles. The van der Waals surface area contributed by atoms with Crippen molar-refractivity contribution in [1.29, 1.82) is 0 Å². The maximum absolute atomic E-state index is 11.1. The number of aromatic carboxylic acids is 1. The summed E-state index contributed by atoms with van der Waals surface area (Å²) in [5.41, 5.74) is 0.842. The Hall–Kier alpha value is -1.52. The predicted molar refractivity (Wildman–Crippen MR) is 76.9 cm³/mol. The Balaban J connectivity index is 2.15. The van der Waals surface area contributed by atoms with Crippen molar-refractivity contribution in [1.82, 2.24) is 0 Å². The summed E-state index contributed by atoms with van der Waals surface area (Å²) in [6.45, 7) is 0.191. The Labute approximate surface area is 123 Å². The van der Waals surface area contributed by atoms with Gasteiger partial charge in [0.1, 0.15) is 12.4 Å². The summed E-state index contributed by atoms with van der Waals surface area (Å²) in [5, 5.41) is 9.76. The average Bonchev–Trinajstić information content (AvgIpc) is 2.39. The van der Waals surface area contributed by atoms with Crippen LogP contribution in [0.15, 0.2) is 46.9 Å².